The van der Waals surface area contributed by atoms with Gasteiger partial charge in [0.2, 0.25) is 0 Å². The van der Waals surface area contributed by atoms with Gasteiger partial charge in [-0.15, -0.1) is 0 Å². The molecule has 0 atom stereocenters. The van der Waals surface area contributed by atoms with E-state index in [0.29, 0.717) is 0 Å². The van der Waals surface area contributed by atoms with E-state index >= 15 is 0 Å². The van der Waals surface area contributed by atoms with Crippen molar-refractivity contribution in [2.24, 2.45) is 0 Å². The summed E-state index contributed by atoms with van der Waals surface area (Å²) in [5, 5.41) is 2.24. The van der Waals surface area contributed by atoms with Crippen LogP contribution in [0, 0.1) is 0 Å². The van der Waals surface area contributed by atoms with Gasteiger partial charge in [-0.25, -0.2) is 0 Å². The number of para-hydroxylation sites is 1. The van der Waals surface area contributed by atoms with E-state index in [1.54, 1.807) is 0 Å². The summed E-state index contributed by atoms with van der Waals surface area (Å²) in [4.78, 5) is 2.33. The molecule has 0 fully saturated rings. The molecule has 0 bridgehead atoms. The average molecular weight is 802 g/mol. The van der Waals surface area contributed by atoms with Gasteiger partial charge in [0.05, 0.1) is 5.41 Å². The van der Waals surface area contributed by atoms with E-state index in [0.717, 1.165) is 44.6 Å². The second-order valence-electron chi connectivity index (χ2n) is 16.8. The summed E-state index contributed by atoms with van der Waals surface area (Å²) in [6.45, 7) is 0. The van der Waals surface area contributed by atoms with Gasteiger partial charge >= 0.3 is 0 Å². The quantitative estimate of drug-likeness (QED) is 0.172. The van der Waals surface area contributed by atoms with E-state index < -0.39 is 5.41 Å². The van der Waals surface area contributed by atoms with E-state index in [4.69, 9.17) is 4.42 Å². The van der Waals surface area contributed by atoms with Crippen LogP contribution in [0.5, 0.6) is 0 Å². The highest BCUT2D eigenvalue weighted by atomic mass is 16.3. The van der Waals surface area contributed by atoms with Crippen LogP contribution < -0.4 is 4.90 Å². The lowest BCUT2D eigenvalue weighted by molar-refractivity contribution is 0.669. The van der Waals surface area contributed by atoms with Gasteiger partial charge in [-0.3, -0.25) is 0 Å². The molecule has 1 heterocycles. The molecular formula is C61H39NO. The second kappa shape index (κ2) is 13.9. The molecule has 1 aromatic heterocycles. The maximum Gasteiger partial charge on any atom is 0.137 e. The number of nitrogens with zero attached hydrogens (tertiary/aromatic N) is 1. The Morgan fingerprint density at radius 1 is 0.270 bits per heavy atom. The molecule has 13 rings (SSSR count). The van der Waals surface area contributed by atoms with Gasteiger partial charge in [-0.05, 0) is 126 Å². The van der Waals surface area contributed by atoms with Crippen LogP contribution in [-0.2, 0) is 5.41 Å². The highest BCUT2D eigenvalue weighted by Gasteiger charge is 2.49. The molecule has 0 N–H and O–H groups in total. The summed E-state index contributed by atoms with van der Waals surface area (Å²) < 4.78 is 6.42. The lowest BCUT2D eigenvalue weighted by Crippen LogP contribution is -2.29. The standard InChI is InChI=1S/C61H39NO/c1-2-14-40(15-3-1)41-26-31-44(32-27-41)62(46-35-37-54-53-21-9-13-25-59(53)63-60(54)39-46)45-33-28-42(29-34-45)43-30-36-52-48-17-5-4-16-47(48)49-18-6-10-22-55(49)61(58(52)38-43)56-23-11-7-19-50(56)51-20-8-12-24-57(51)61/h1-39H. The van der Waals surface area contributed by atoms with Gasteiger partial charge in [0, 0.05) is 33.9 Å². The fourth-order valence-corrected chi connectivity index (χ4v) is 10.8. The maximum atomic E-state index is 6.42. The number of rotatable bonds is 5. The molecule has 11 aromatic rings. The molecule has 0 radical (unpaired) electrons. The Morgan fingerprint density at radius 2 is 0.698 bits per heavy atom. The highest BCUT2D eigenvalue weighted by Crippen LogP contribution is 2.61. The van der Waals surface area contributed by atoms with Crippen LogP contribution in [0.4, 0.5) is 17.1 Å². The first-order valence-electron chi connectivity index (χ1n) is 21.7. The first-order valence-corrected chi connectivity index (χ1v) is 21.7. The zero-order valence-corrected chi connectivity index (χ0v) is 34.4. The van der Waals surface area contributed by atoms with Crippen LogP contribution in [-0.4, -0.2) is 0 Å². The largest absolute Gasteiger partial charge is 0.456 e. The van der Waals surface area contributed by atoms with Crippen molar-refractivity contribution >= 4 is 39.0 Å². The van der Waals surface area contributed by atoms with Crippen LogP contribution >= 0.6 is 0 Å². The third kappa shape index (κ3) is 5.32. The Bertz CT molecular complexity index is 3510. The molecule has 0 aliphatic heterocycles. The molecule has 63 heavy (non-hydrogen) atoms. The van der Waals surface area contributed by atoms with Crippen LogP contribution in [0.2, 0.25) is 0 Å². The third-order valence-electron chi connectivity index (χ3n) is 13.5. The third-order valence-corrected chi connectivity index (χ3v) is 13.5. The minimum Gasteiger partial charge on any atom is -0.456 e. The number of anilines is 3. The zero-order valence-electron chi connectivity index (χ0n) is 34.4. The van der Waals surface area contributed by atoms with Gasteiger partial charge in [-0.2, -0.15) is 0 Å². The number of fused-ring (bicyclic) bond motifs is 15. The van der Waals surface area contributed by atoms with Crippen LogP contribution in [0.1, 0.15) is 22.3 Å². The van der Waals surface area contributed by atoms with Crippen LogP contribution in [0.15, 0.2) is 241 Å². The summed E-state index contributed by atoms with van der Waals surface area (Å²) in [5.41, 5.74) is 22.1. The normalized spacial score (nSPS) is 12.9. The van der Waals surface area contributed by atoms with Crippen LogP contribution in [0.25, 0.3) is 77.6 Å². The van der Waals surface area contributed by atoms with E-state index in [1.165, 1.54) is 72.3 Å². The summed E-state index contributed by atoms with van der Waals surface area (Å²) in [7, 11) is 0. The van der Waals surface area contributed by atoms with Crippen molar-refractivity contribution in [1.82, 2.24) is 0 Å². The monoisotopic (exact) mass is 801 g/mol. The SMILES string of the molecule is c1ccc(-c2ccc(N(c3ccc(-c4ccc5c(c4)C4(c6ccccc6-c6ccccc6-5)c5ccccc5-c5ccccc54)cc3)c3ccc4c(c3)oc3ccccc34)cc2)cc1. The molecule has 0 saturated heterocycles. The van der Waals surface area contributed by atoms with Gasteiger partial charge in [0.25, 0.3) is 0 Å². The molecule has 10 aromatic carbocycles. The molecule has 0 unspecified atom stereocenters. The number of benzene rings is 10. The first-order chi connectivity index (χ1) is 31.2. The molecule has 2 aliphatic carbocycles. The Morgan fingerprint density at radius 3 is 1.32 bits per heavy atom. The fourth-order valence-electron chi connectivity index (χ4n) is 10.8. The highest BCUT2D eigenvalue weighted by molar-refractivity contribution is 6.06. The molecule has 0 amide bonds. The molecule has 2 aliphatic rings. The van der Waals surface area contributed by atoms with Gasteiger partial charge in [0.15, 0.2) is 0 Å². The van der Waals surface area contributed by atoms with E-state index in [9.17, 15) is 0 Å². The predicted octanol–water partition coefficient (Wildman–Crippen LogP) is 16.4. The van der Waals surface area contributed by atoms with E-state index in [-0.39, 0.29) is 0 Å². The minimum atomic E-state index is -0.522. The Hall–Kier alpha value is -8.20. The van der Waals surface area contributed by atoms with E-state index in [2.05, 4.69) is 229 Å². The van der Waals surface area contributed by atoms with Gasteiger partial charge < -0.3 is 9.32 Å². The topological polar surface area (TPSA) is 16.4 Å². The van der Waals surface area contributed by atoms with Crippen molar-refractivity contribution in [2.75, 3.05) is 4.90 Å². The minimum absolute atomic E-state index is 0.522. The second-order valence-corrected chi connectivity index (χ2v) is 16.8. The zero-order chi connectivity index (χ0) is 41.5. The summed E-state index contributed by atoms with van der Waals surface area (Å²) in [5.74, 6) is 0. The van der Waals surface area contributed by atoms with Gasteiger partial charge in [-0.1, -0.05) is 182 Å². The Labute approximate surface area is 366 Å². The average Bonchev–Trinajstić information content (AvgIpc) is 3.85. The van der Waals surface area contributed by atoms with Crippen molar-refractivity contribution in [3.05, 3.63) is 259 Å². The Balaban J connectivity index is 0.981. The number of hydrogen-bond acceptors (Lipinski definition) is 2. The molecule has 0 saturated carbocycles. The smallest absolute Gasteiger partial charge is 0.137 e. The van der Waals surface area contributed by atoms with Crippen molar-refractivity contribution in [3.63, 3.8) is 0 Å². The van der Waals surface area contributed by atoms with E-state index in [1.807, 2.05) is 12.1 Å². The van der Waals surface area contributed by atoms with Crippen molar-refractivity contribution in [1.29, 1.82) is 0 Å². The summed E-state index contributed by atoms with van der Waals surface area (Å²) in [6.07, 6.45) is 0. The maximum absolute atomic E-state index is 6.42. The Kier molecular flexibility index (Phi) is 7.85. The number of furan rings is 1. The summed E-state index contributed by atoms with van der Waals surface area (Å²) >= 11 is 0. The van der Waals surface area contributed by atoms with Crippen molar-refractivity contribution in [2.45, 2.75) is 5.41 Å². The molecular weight excluding hydrogens is 763 g/mol. The predicted molar refractivity (Wildman–Crippen MR) is 261 cm³/mol. The van der Waals surface area contributed by atoms with Crippen molar-refractivity contribution < 1.29 is 4.42 Å². The molecule has 2 nitrogen and oxygen atoms in total. The fraction of sp³-hybridized carbons (Fsp3) is 0.0164. The summed E-state index contributed by atoms with van der Waals surface area (Å²) in [6, 6.07) is 86.7. The molecule has 294 valence electrons. The van der Waals surface area contributed by atoms with Crippen molar-refractivity contribution in [3.8, 4) is 55.6 Å². The molecule has 2 heteroatoms. The molecule has 1 spiro atoms. The lowest BCUT2D eigenvalue weighted by Gasteiger charge is -2.35. The number of hydrogen-bond donors (Lipinski definition) is 0. The lowest BCUT2D eigenvalue weighted by atomic mass is 9.65. The first kappa shape index (κ1) is 35.5. The van der Waals surface area contributed by atoms with Gasteiger partial charge in [0.1, 0.15) is 11.2 Å². The van der Waals surface area contributed by atoms with Crippen LogP contribution in [0.3, 0.4) is 0 Å².